The summed E-state index contributed by atoms with van der Waals surface area (Å²) in [5.41, 5.74) is 2.13. The minimum absolute atomic E-state index is 0.280. The Labute approximate surface area is 102 Å². The van der Waals surface area contributed by atoms with Gasteiger partial charge in [-0.3, -0.25) is 5.10 Å². The molecule has 0 spiro atoms. The van der Waals surface area contributed by atoms with E-state index in [4.69, 9.17) is 5.26 Å². The fourth-order valence-electron chi connectivity index (χ4n) is 1.88. The van der Waals surface area contributed by atoms with Gasteiger partial charge in [0.1, 0.15) is 23.1 Å². The van der Waals surface area contributed by atoms with Crippen molar-refractivity contribution in [1.29, 1.82) is 5.26 Å². The standard InChI is InChI=1S/C13H7FN4/c14-9-3-1-2-8(6-9)12-10-4-5-16-11(7-15)13(10)18-17-12/h1-6H,(H,17,18). The summed E-state index contributed by atoms with van der Waals surface area (Å²) >= 11 is 0. The number of benzene rings is 1. The highest BCUT2D eigenvalue weighted by molar-refractivity contribution is 5.94. The van der Waals surface area contributed by atoms with Crippen LogP contribution in [0.2, 0.25) is 0 Å². The number of nitrogens with one attached hydrogen (secondary N) is 1. The molecule has 4 nitrogen and oxygen atoms in total. The number of H-pyrrole nitrogens is 1. The van der Waals surface area contributed by atoms with E-state index in [1.54, 1.807) is 24.4 Å². The first kappa shape index (κ1) is 10.4. The maximum absolute atomic E-state index is 13.2. The fraction of sp³-hybridized carbons (Fsp3) is 0. The molecule has 5 heteroatoms. The van der Waals surface area contributed by atoms with E-state index in [-0.39, 0.29) is 11.5 Å². The predicted molar refractivity (Wildman–Crippen MR) is 64.0 cm³/mol. The molecule has 0 radical (unpaired) electrons. The number of halogens is 1. The largest absolute Gasteiger partial charge is 0.274 e. The summed E-state index contributed by atoms with van der Waals surface area (Å²) in [6.45, 7) is 0. The third-order valence-electron chi connectivity index (χ3n) is 2.69. The monoisotopic (exact) mass is 238 g/mol. The van der Waals surface area contributed by atoms with Crippen LogP contribution in [-0.2, 0) is 0 Å². The Kier molecular flexibility index (Phi) is 2.27. The lowest BCUT2D eigenvalue weighted by molar-refractivity contribution is 0.628. The predicted octanol–water partition coefficient (Wildman–Crippen LogP) is 2.64. The summed E-state index contributed by atoms with van der Waals surface area (Å²) in [5, 5.41) is 16.6. The summed E-state index contributed by atoms with van der Waals surface area (Å²) in [7, 11) is 0. The molecule has 2 aromatic heterocycles. The molecule has 0 saturated carbocycles. The molecular weight excluding hydrogens is 231 g/mol. The van der Waals surface area contributed by atoms with E-state index < -0.39 is 0 Å². The van der Waals surface area contributed by atoms with E-state index in [9.17, 15) is 4.39 Å². The average molecular weight is 238 g/mol. The van der Waals surface area contributed by atoms with E-state index in [0.29, 0.717) is 16.8 Å². The van der Waals surface area contributed by atoms with Gasteiger partial charge in [-0.1, -0.05) is 12.1 Å². The van der Waals surface area contributed by atoms with Crippen LogP contribution in [0.4, 0.5) is 4.39 Å². The van der Waals surface area contributed by atoms with E-state index in [1.165, 1.54) is 12.1 Å². The van der Waals surface area contributed by atoms with E-state index in [1.807, 2.05) is 6.07 Å². The molecule has 86 valence electrons. The number of nitriles is 1. The smallest absolute Gasteiger partial charge is 0.166 e. The molecule has 0 aliphatic carbocycles. The maximum atomic E-state index is 13.2. The lowest BCUT2D eigenvalue weighted by atomic mass is 10.1. The number of aromatic amines is 1. The molecule has 0 unspecified atom stereocenters. The van der Waals surface area contributed by atoms with Gasteiger partial charge in [0.05, 0.1) is 0 Å². The quantitative estimate of drug-likeness (QED) is 0.708. The Morgan fingerprint density at radius 1 is 1.28 bits per heavy atom. The lowest BCUT2D eigenvalue weighted by Gasteiger charge is -1.98. The molecule has 3 rings (SSSR count). The van der Waals surface area contributed by atoms with Crippen molar-refractivity contribution in [1.82, 2.24) is 15.2 Å². The van der Waals surface area contributed by atoms with Crippen molar-refractivity contribution >= 4 is 10.9 Å². The summed E-state index contributed by atoms with van der Waals surface area (Å²) < 4.78 is 13.2. The third-order valence-corrected chi connectivity index (χ3v) is 2.69. The van der Waals surface area contributed by atoms with Gasteiger partial charge in [0.25, 0.3) is 0 Å². The summed E-state index contributed by atoms with van der Waals surface area (Å²) in [5.74, 6) is -0.321. The number of pyridine rings is 1. The van der Waals surface area contributed by atoms with Crippen molar-refractivity contribution in [2.45, 2.75) is 0 Å². The molecule has 1 N–H and O–H groups in total. The molecular formula is C13H7FN4. The Morgan fingerprint density at radius 2 is 2.17 bits per heavy atom. The molecule has 1 aromatic carbocycles. The van der Waals surface area contributed by atoms with Crippen LogP contribution in [0.25, 0.3) is 22.2 Å². The summed E-state index contributed by atoms with van der Waals surface area (Å²) in [6.07, 6.45) is 1.54. The van der Waals surface area contributed by atoms with E-state index in [2.05, 4.69) is 15.2 Å². The third kappa shape index (κ3) is 1.52. The van der Waals surface area contributed by atoms with Crippen LogP contribution in [0.5, 0.6) is 0 Å². The highest BCUT2D eigenvalue weighted by atomic mass is 19.1. The van der Waals surface area contributed by atoms with Crippen LogP contribution in [0.1, 0.15) is 5.69 Å². The number of aromatic nitrogens is 3. The molecule has 18 heavy (non-hydrogen) atoms. The van der Waals surface area contributed by atoms with Gasteiger partial charge in [0.2, 0.25) is 0 Å². The number of hydrogen-bond donors (Lipinski definition) is 1. The van der Waals surface area contributed by atoms with Crippen molar-refractivity contribution in [2.24, 2.45) is 0 Å². The number of fused-ring (bicyclic) bond motifs is 1. The van der Waals surface area contributed by atoms with Crippen molar-refractivity contribution in [2.75, 3.05) is 0 Å². The van der Waals surface area contributed by atoms with Gasteiger partial charge in [-0.15, -0.1) is 0 Å². The Hall–Kier alpha value is -2.74. The average Bonchev–Trinajstić information content (AvgIpc) is 2.82. The highest BCUT2D eigenvalue weighted by Crippen LogP contribution is 2.27. The summed E-state index contributed by atoms with van der Waals surface area (Å²) in [4.78, 5) is 3.94. The molecule has 0 aliphatic rings. The normalized spacial score (nSPS) is 10.4. The summed E-state index contributed by atoms with van der Waals surface area (Å²) in [6, 6.07) is 9.91. The van der Waals surface area contributed by atoms with Crippen molar-refractivity contribution < 1.29 is 4.39 Å². The van der Waals surface area contributed by atoms with Crippen LogP contribution in [-0.4, -0.2) is 15.2 Å². The molecule has 0 saturated heterocycles. The van der Waals surface area contributed by atoms with Gasteiger partial charge < -0.3 is 0 Å². The molecule has 0 atom stereocenters. The van der Waals surface area contributed by atoms with Gasteiger partial charge in [-0.25, -0.2) is 9.37 Å². The van der Waals surface area contributed by atoms with Crippen LogP contribution in [0.3, 0.4) is 0 Å². The zero-order chi connectivity index (χ0) is 12.5. The number of rotatable bonds is 1. The Morgan fingerprint density at radius 3 is 2.94 bits per heavy atom. The molecule has 2 heterocycles. The molecule has 0 bridgehead atoms. The Bertz CT molecular complexity index is 770. The second-order valence-electron chi connectivity index (χ2n) is 3.78. The van der Waals surface area contributed by atoms with Crippen LogP contribution in [0.15, 0.2) is 36.5 Å². The second-order valence-corrected chi connectivity index (χ2v) is 3.78. The molecule has 0 fully saturated rings. The van der Waals surface area contributed by atoms with Gasteiger partial charge >= 0.3 is 0 Å². The molecule has 3 aromatic rings. The van der Waals surface area contributed by atoms with Crippen LogP contribution < -0.4 is 0 Å². The molecule has 0 amide bonds. The van der Waals surface area contributed by atoms with Gasteiger partial charge in [-0.05, 0) is 18.2 Å². The highest BCUT2D eigenvalue weighted by Gasteiger charge is 2.11. The van der Waals surface area contributed by atoms with Crippen molar-refractivity contribution in [3.8, 4) is 17.3 Å². The first-order valence-electron chi connectivity index (χ1n) is 5.28. The first-order valence-corrected chi connectivity index (χ1v) is 5.28. The minimum atomic E-state index is -0.321. The molecule has 0 aliphatic heterocycles. The number of hydrogen-bond acceptors (Lipinski definition) is 3. The van der Waals surface area contributed by atoms with Crippen LogP contribution in [0, 0.1) is 17.1 Å². The first-order chi connectivity index (χ1) is 8.79. The van der Waals surface area contributed by atoms with Gasteiger partial charge in [-0.2, -0.15) is 10.4 Å². The fourth-order valence-corrected chi connectivity index (χ4v) is 1.88. The van der Waals surface area contributed by atoms with Crippen LogP contribution >= 0.6 is 0 Å². The lowest BCUT2D eigenvalue weighted by Crippen LogP contribution is -1.83. The van der Waals surface area contributed by atoms with Crippen molar-refractivity contribution in [3.05, 3.63) is 48.0 Å². The zero-order valence-corrected chi connectivity index (χ0v) is 9.18. The maximum Gasteiger partial charge on any atom is 0.166 e. The topological polar surface area (TPSA) is 65.4 Å². The Balaban J connectivity index is 2.29. The SMILES string of the molecule is N#Cc1nccc2c(-c3cccc(F)c3)n[nH]c12. The van der Waals surface area contributed by atoms with Gasteiger partial charge in [0.15, 0.2) is 5.69 Å². The minimum Gasteiger partial charge on any atom is -0.274 e. The van der Waals surface area contributed by atoms with E-state index in [0.717, 1.165) is 5.39 Å². The van der Waals surface area contributed by atoms with Crippen molar-refractivity contribution in [3.63, 3.8) is 0 Å². The van der Waals surface area contributed by atoms with E-state index >= 15 is 0 Å². The zero-order valence-electron chi connectivity index (χ0n) is 9.18. The van der Waals surface area contributed by atoms with Gasteiger partial charge in [0, 0.05) is 17.1 Å². The second kappa shape index (κ2) is 3.93. The number of nitrogens with zero attached hydrogens (tertiary/aromatic N) is 3.